The van der Waals surface area contributed by atoms with Crippen LogP contribution in [-0.2, 0) is 19.9 Å². The minimum absolute atomic E-state index is 0.0280. The summed E-state index contributed by atoms with van der Waals surface area (Å²) in [5, 5.41) is 0. The van der Waals surface area contributed by atoms with Gasteiger partial charge in [0.2, 0.25) is 9.84 Å². The van der Waals surface area contributed by atoms with Crippen LogP contribution in [0.2, 0.25) is 0 Å². The van der Waals surface area contributed by atoms with Crippen LogP contribution in [0.5, 0.6) is 5.75 Å². The molecule has 0 spiro atoms. The molecule has 1 N–H and O–H groups in total. The Kier molecular flexibility index (Phi) is 5.71. The van der Waals surface area contributed by atoms with Crippen LogP contribution in [0.15, 0.2) is 88.7 Å². The molecule has 8 heteroatoms. The summed E-state index contributed by atoms with van der Waals surface area (Å²) >= 11 is 0. The molecule has 0 heterocycles. The fourth-order valence-corrected chi connectivity index (χ4v) is 4.77. The lowest BCUT2D eigenvalue weighted by molar-refractivity contribution is 0.376. The molecule has 0 unspecified atom stereocenters. The molecule has 0 saturated heterocycles. The lowest BCUT2D eigenvalue weighted by Gasteiger charge is -2.14. The minimum Gasteiger partial charge on any atom is -0.477 e. The Morgan fingerprint density at radius 1 is 0.786 bits per heavy atom. The smallest absolute Gasteiger partial charge is 0.261 e. The van der Waals surface area contributed by atoms with Crippen molar-refractivity contribution in [2.45, 2.75) is 16.7 Å². The van der Waals surface area contributed by atoms with Crippen LogP contribution in [0.3, 0.4) is 0 Å². The first-order valence-corrected chi connectivity index (χ1v) is 11.5. The van der Waals surface area contributed by atoms with E-state index in [0.29, 0.717) is 5.75 Å². The van der Waals surface area contributed by atoms with E-state index in [1.165, 1.54) is 30.3 Å². The van der Waals surface area contributed by atoms with E-state index in [1.807, 2.05) is 6.92 Å². The van der Waals surface area contributed by atoms with Gasteiger partial charge in [-0.3, -0.25) is 4.72 Å². The molecule has 0 aliphatic rings. The first kappa shape index (κ1) is 19.9. The molecule has 3 rings (SSSR count). The average Bonchev–Trinajstić information content (AvgIpc) is 2.68. The predicted octanol–water partition coefficient (Wildman–Crippen LogP) is 3.61. The maximum atomic E-state index is 12.7. The van der Waals surface area contributed by atoms with E-state index in [9.17, 15) is 16.8 Å². The number of nitrogens with one attached hydrogen (secondary N) is 1. The second kappa shape index (κ2) is 8.04. The molecule has 0 saturated carbocycles. The van der Waals surface area contributed by atoms with Gasteiger partial charge < -0.3 is 4.74 Å². The topological polar surface area (TPSA) is 89.5 Å². The average molecular weight is 418 g/mol. The van der Waals surface area contributed by atoms with Crippen LogP contribution in [-0.4, -0.2) is 22.8 Å². The highest BCUT2D eigenvalue weighted by atomic mass is 32.2. The van der Waals surface area contributed by atoms with Gasteiger partial charge >= 0.3 is 0 Å². The molecular weight excluding hydrogens is 398 g/mol. The van der Waals surface area contributed by atoms with Gasteiger partial charge in [-0.1, -0.05) is 48.0 Å². The molecule has 146 valence electrons. The van der Waals surface area contributed by atoms with Crippen molar-refractivity contribution in [3.63, 3.8) is 0 Å². The van der Waals surface area contributed by atoms with Crippen LogP contribution in [0.1, 0.15) is 5.56 Å². The molecule has 3 aromatic rings. The van der Waals surface area contributed by atoms with Gasteiger partial charge in [0.1, 0.15) is 5.75 Å². The van der Waals surface area contributed by atoms with Gasteiger partial charge in [-0.05, 0) is 43.3 Å². The van der Waals surface area contributed by atoms with E-state index >= 15 is 0 Å². The summed E-state index contributed by atoms with van der Waals surface area (Å²) in [5.74, 6) is -0.205. The van der Waals surface area contributed by atoms with Crippen LogP contribution in [0, 0.1) is 6.92 Å². The van der Waals surface area contributed by atoms with E-state index in [1.54, 1.807) is 48.5 Å². The largest absolute Gasteiger partial charge is 0.477 e. The highest BCUT2D eigenvalue weighted by molar-refractivity contribution is 7.93. The predicted molar refractivity (Wildman–Crippen MR) is 108 cm³/mol. The molecule has 6 nitrogen and oxygen atoms in total. The van der Waals surface area contributed by atoms with Gasteiger partial charge in [-0.2, -0.15) is 0 Å². The summed E-state index contributed by atoms with van der Waals surface area (Å²) in [4.78, 5) is -0.104. The van der Waals surface area contributed by atoms with E-state index in [-0.39, 0.29) is 15.5 Å². The molecule has 3 aromatic carbocycles. The summed E-state index contributed by atoms with van der Waals surface area (Å²) in [6, 6.07) is 20.6. The first-order valence-electron chi connectivity index (χ1n) is 8.37. The molecule has 0 aliphatic carbocycles. The quantitative estimate of drug-likeness (QED) is 0.634. The number of hydrogen-bond acceptors (Lipinski definition) is 5. The Morgan fingerprint density at radius 3 is 2.07 bits per heavy atom. The van der Waals surface area contributed by atoms with Crippen molar-refractivity contribution in [1.29, 1.82) is 0 Å². The van der Waals surface area contributed by atoms with Crippen molar-refractivity contribution < 1.29 is 21.6 Å². The molecular formula is C20H19NO5S2. The summed E-state index contributed by atoms with van der Waals surface area (Å²) in [7, 11) is -7.83. The van der Waals surface area contributed by atoms with Crippen molar-refractivity contribution >= 4 is 25.5 Å². The maximum Gasteiger partial charge on any atom is 0.261 e. The number of aryl methyl sites for hydroxylation is 1. The van der Waals surface area contributed by atoms with Gasteiger partial charge in [0.15, 0.2) is 5.94 Å². The third kappa shape index (κ3) is 4.71. The lowest BCUT2D eigenvalue weighted by atomic mass is 10.2. The van der Waals surface area contributed by atoms with E-state index in [0.717, 1.165) is 5.56 Å². The third-order valence-corrected chi connectivity index (χ3v) is 6.76. The Hall–Kier alpha value is -2.84. The Labute approximate surface area is 164 Å². The highest BCUT2D eigenvalue weighted by Gasteiger charge is 2.23. The highest BCUT2D eigenvalue weighted by Crippen LogP contribution is 2.25. The van der Waals surface area contributed by atoms with Gasteiger partial charge in [0.05, 0.1) is 15.5 Å². The van der Waals surface area contributed by atoms with E-state index < -0.39 is 25.8 Å². The van der Waals surface area contributed by atoms with Gasteiger partial charge in [-0.15, -0.1) is 0 Å². The van der Waals surface area contributed by atoms with Crippen molar-refractivity contribution in [2.75, 3.05) is 10.7 Å². The zero-order chi connectivity index (χ0) is 20.2. The number of benzene rings is 3. The van der Waals surface area contributed by atoms with Crippen molar-refractivity contribution in [1.82, 2.24) is 0 Å². The van der Waals surface area contributed by atoms with Crippen molar-refractivity contribution in [3.05, 3.63) is 84.4 Å². The number of rotatable bonds is 7. The van der Waals surface area contributed by atoms with Crippen LogP contribution >= 0.6 is 0 Å². The molecule has 0 aromatic heterocycles. The van der Waals surface area contributed by atoms with Crippen LogP contribution < -0.4 is 9.46 Å². The minimum atomic E-state index is -3.94. The number of sulfonamides is 1. The second-order valence-electron chi connectivity index (χ2n) is 6.10. The zero-order valence-corrected chi connectivity index (χ0v) is 16.7. The van der Waals surface area contributed by atoms with E-state index in [2.05, 4.69) is 4.72 Å². The monoisotopic (exact) mass is 417 g/mol. The summed E-state index contributed by atoms with van der Waals surface area (Å²) < 4.78 is 58.4. The lowest BCUT2D eigenvalue weighted by Crippen LogP contribution is -2.18. The third-order valence-electron chi connectivity index (χ3n) is 3.92. The van der Waals surface area contributed by atoms with Gasteiger partial charge in [0.25, 0.3) is 10.0 Å². The Morgan fingerprint density at radius 2 is 1.39 bits per heavy atom. The molecule has 0 atom stereocenters. The summed E-state index contributed by atoms with van der Waals surface area (Å²) in [6.07, 6.45) is 0. The van der Waals surface area contributed by atoms with Gasteiger partial charge in [0, 0.05) is 0 Å². The molecule has 28 heavy (non-hydrogen) atoms. The SMILES string of the molecule is Cc1ccc(S(=O)(=O)Nc2ccccc2S(=O)(=O)COc2ccccc2)cc1. The number of ether oxygens (including phenoxy) is 1. The van der Waals surface area contributed by atoms with E-state index in [4.69, 9.17) is 4.74 Å². The zero-order valence-electron chi connectivity index (χ0n) is 15.1. The summed E-state index contributed by atoms with van der Waals surface area (Å²) in [5.41, 5.74) is 0.889. The number of hydrogen-bond donors (Lipinski definition) is 1. The number of anilines is 1. The standard InChI is InChI=1S/C20H19NO5S2/c1-16-11-13-18(14-12-16)28(24,25)21-19-9-5-6-10-20(19)27(22,23)15-26-17-7-3-2-4-8-17/h2-14,21H,15H2,1H3. The molecule has 0 fully saturated rings. The first-order chi connectivity index (χ1) is 13.3. The van der Waals surface area contributed by atoms with Crippen LogP contribution in [0.25, 0.3) is 0 Å². The number of sulfone groups is 1. The normalized spacial score (nSPS) is 11.8. The van der Waals surface area contributed by atoms with Crippen LogP contribution in [0.4, 0.5) is 5.69 Å². The molecule has 0 aliphatic heterocycles. The maximum absolute atomic E-state index is 12.7. The number of para-hydroxylation sites is 2. The fraction of sp³-hybridized carbons (Fsp3) is 0.100. The molecule has 0 radical (unpaired) electrons. The van der Waals surface area contributed by atoms with Gasteiger partial charge in [-0.25, -0.2) is 16.8 Å². The van der Waals surface area contributed by atoms with Crippen molar-refractivity contribution in [3.8, 4) is 5.75 Å². The fourth-order valence-electron chi connectivity index (χ4n) is 2.47. The summed E-state index contributed by atoms with van der Waals surface area (Å²) in [6.45, 7) is 1.85. The molecule has 0 bridgehead atoms. The van der Waals surface area contributed by atoms with Crippen molar-refractivity contribution in [2.24, 2.45) is 0 Å². The Bertz CT molecular complexity index is 1160. The second-order valence-corrected chi connectivity index (χ2v) is 9.69. The molecule has 0 amide bonds. The Balaban J connectivity index is 1.87.